The van der Waals surface area contributed by atoms with Gasteiger partial charge in [0.2, 0.25) is 0 Å². The number of rotatable bonds is 4. The molecule has 1 aliphatic heterocycles. The third kappa shape index (κ3) is 3.51. The maximum absolute atomic E-state index is 12.5. The van der Waals surface area contributed by atoms with Crippen molar-refractivity contribution in [3.05, 3.63) is 29.6 Å². The normalized spacial score (nSPS) is 17.8. The molecule has 1 aromatic rings. The Balaban J connectivity index is 2.10. The fourth-order valence-electron chi connectivity index (χ4n) is 2.63. The third-order valence-electron chi connectivity index (χ3n) is 3.73. The SMILES string of the molecule is CCN(Cc1cccc(C)n1)C(=O)N1CCC[C@@H]1C(=O)O. The summed E-state index contributed by atoms with van der Waals surface area (Å²) in [7, 11) is 0. The van der Waals surface area contributed by atoms with Gasteiger partial charge in [-0.15, -0.1) is 0 Å². The van der Waals surface area contributed by atoms with E-state index in [0.29, 0.717) is 26.1 Å². The van der Waals surface area contributed by atoms with Gasteiger partial charge in [0.05, 0.1) is 12.2 Å². The molecule has 0 radical (unpaired) electrons. The zero-order valence-corrected chi connectivity index (χ0v) is 12.5. The number of urea groups is 1. The van der Waals surface area contributed by atoms with E-state index in [-0.39, 0.29) is 6.03 Å². The first kappa shape index (κ1) is 15.3. The Hall–Kier alpha value is -2.11. The number of nitrogens with zero attached hydrogens (tertiary/aromatic N) is 3. The van der Waals surface area contributed by atoms with Crippen molar-refractivity contribution < 1.29 is 14.7 Å². The molecule has 6 heteroatoms. The van der Waals surface area contributed by atoms with Crippen LogP contribution in [-0.2, 0) is 11.3 Å². The minimum absolute atomic E-state index is 0.217. The largest absolute Gasteiger partial charge is 0.480 e. The number of hydrogen-bond donors (Lipinski definition) is 1. The molecule has 0 saturated carbocycles. The molecule has 2 rings (SSSR count). The molecule has 1 saturated heterocycles. The molecule has 6 nitrogen and oxygen atoms in total. The van der Waals surface area contributed by atoms with E-state index < -0.39 is 12.0 Å². The topological polar surface area (TPSA) is 73.7 Å². The Morgan fingerprint density at radius 1 is 1.48 bits per heavy atom. The van der Waals surface area contributed by atoms with Crippen LogP contribution in [0.1, 0.15) is 31.2 Å². The molecule has 0 unspecified atom stereocenters. The first-order valence-electron chi connectivity index (χ1n) is 7.23. The molecule has 0 spiro atoms. The van der Waals surface area contributed by atoms with Gasteiger partial charge in [-0.1, -0.05) is 6.07 Å². The molecule has 1 aliphatic rings. The zero-order valence-electron chi connectivity index (χ0n) is 12.5. The van der Waals surface area contributed by atoms with Gasteiger partial charge in [-0.05, 0) is 38.8 Å². The Bertz CT molecular complexity index is 533. The quantitative estimate of drug-likeness (QED) is 0.919. The van der Waals surface area contributed by atoms with Crippen LogP contribution < -0.4 is 0 Å². The lowest BCUT2D eigenvalue weighted by Crippen LogP contribution is -2.47. The number of aliphatic carboxylic acids is 1. The molecule has 2 heterocycles. The van der Waals surface area contributed by atoms with E-state index >= 15 is 0 Å². The van der Waals surface area contributed by atoms with E-state index in [1.165, 1.54) is 4.90 Å². The molecule has 0 aliphatic carbocycles. The number of aromatic nitrogens is 1. The van der Waals surface area contributed by atoms with Gasteiger partial charge in [0.25, 0.3) is 0 Å². The van der Waals surface area contributed by atoms with Crippen LogP contribution in [0.15, 0.2) is 18.2 Å². The average molecular weight is 291 g/mol. The predicted octanol–water partition coefficient (Wildman–Crippen LogP) is 1.88. The van der Waals surface area contributed by atoms with Crippen LogP contribution in [0.3, 0.4) is 0 Å². The lowest BCUT2D eigenvalue weighted by atomic mass is 10.2. The molecular weight excluding hydrogens is 270 g/mol. The van der Waals surface area contributed by atoms with Crippen molar-refractivity contribution in [2.24, 2.45) is 0 Å². The van der Waals surface area contributed by atoms with Crippen LogP contribution in [0.2, 0.25) is 0 Å². The summed E-state index contributed by atoms with van der Waals surface area (Å²) in [6, 6.07) is 4.78. The molecule has 1 aromatic heterocycles. The zero-order chi connectivity index (χ0) is 15.4. The summed E-state index contributed by atoms with van der Waals surface area (Å²) < 4.78 is 0. The molecule has 114 valence electrons. The highest BCUT2D eigenvalue weighted by Crippen LogP contribution is 2.20. The molecule has 1 atom stereocenters. The van der Waals surface area contributed by atoms with Gasteiger partial charge < -0.3 is 14.9 Å². The molecule has 2 amide bonds. The number of hydrogen-bond acceptors (Lipinski definition) is 3. The number of pyridine rings is 1. The maximum Gasteiger partial charge on any atom is 0.326 e. The van der Waals surface area contributed by atoms with Crippen LogP contribution in [0, 0.1) is 6.92 Å². The van der Waals surface area contributed by atoms with Gasteiger partial charge in [-0.3, -0.25) is 4.98 Å². The number of amides is 2. The fraction of sp³-hybridized carbons (Fsp3) is 0.533. The van der Waals surface area contributed by atoms with E-state index in [1.54, 1.807) is 4.90 Å². The lowest BCUT2D eigenvalue weighted by molar-refractivity contribution is -0.141. The summed E-state index contributed by atoms with van der Waals surface area (Å²) in [4.78, 5) is 31.2. The van der Waals surface area contributed by atoms with E-state index in [1.807, 2.05) is 32.0 Å². The van der Waals surface area contributed by atoms with Crippen molar-refractivity contribution >= 4 is 12.0 Å². The highest BCUT2D eigenvalue weighted by molar-refractivity contribution is 5.83. The van der Waals surface area contributed by atoms with E-state index in [4.69, 9.17) is 0 Å². The molecule has 0 aromatic carbocycles. The summed E-state index contributed by atoms with van der Waals surface area (Å²) in [5, 5.41) is 9.19. The Labute approximate surface area is 124 Å². The molecule has 21 heavy (non-hydrogen) atoms. The minimum Gasteiger partial charge on any atom is -0.480 e. The first-order valence-corrected chi connectivity index (χ1v) is 7.23. The summed E-state index contributed by atoms with van der Waals surface area (Å²) >= 11 is 0. The highest BCUT2D eigenvalue weighted by atomic mass is 16.4. The third-order valence-corrected chi connectivity index (χ3v) is 3.73. The summed E-state index contributed by atoms with van der Waals surface area (Å²) in [6.07, 6.45) is 1.27. The molecule has 0 bridgehead atoms. The number of carboxylic acids is 1. The van der Waals surface area contributed by atoms with Gasteiger partial charge in [0.15, 0.2) is 0 Å². The van der Waals surface area contributed by atoms with Crippen LogP contribution in [-0.4, -0.2) is 51.0 Å². The summed E-state index contributed by atoms with van der Waals surface area (Å²) in [5.41, 5.74) is 1.72. The second-order valence-electron chi connectivity index (χ2n) is 5.26. The van der Waals surface area contributed by atoms with Gasteiger partial charge in [-0.25, -0.2) is 9.59 Å². The van der Waals surface area contributed by atoms with Gasteiger partial charge in [0, 0.05) is 18.8 Å². The van der Waals surface area contributed by atoms with Crippen molar-refractivity contribution in [2.75, 3.05) is 13.1 Å². The van der Waals surface area contributed by atoms with E-state index in [2.05, 4.69) is 4.98 Å². The highest BCUT2D eigenvalue weighted by Gasteiger charge is 2.35. The van der Waals surface area contributed by atoms with Crippen LogP contribution >= 0.6 is 0 Å². The van der Waals surface area contributed by atoms with E-state index in [9.17, 15) is 14.7 Å². The monoisotopic (exact) mass is 291 g/mol. The fourth-order valence-corrected chi connectivity index (χ4v) is 2.63. The first-order chi connectivity index (χ1) is 10.0. The van der Waals surface area contributed by atoms with Gasteiger partial charge in [0.1, 0.15) is 6.04 Å². The van der Waals surface area contributed by atoms with Crippen molar-refractivity contribution in [3.63, 3.8) is 0 Å². The van der Waals surface area contributed by atoms with Crippen LogP contribution in [0.5, 0.6) is 0 Å². The number of carbonyl (C=O) groups is 2. The Kier molecular flexibility index (Phi) is 4.77. The van der Waals surface area contributed by atoms with Crippen molar-refractivity contribution in [1.29, 1.82) is 0 Å². The Morgan fingerprint density at radius 3 is 2.86 bits per heavy atom. The predicted molar refractivity (Wildman–Crippen MR) is 77.8 cm³/mol. The second kappa shape index (κ2) is 6.56. The smallest absolute Gasteiger partial charge is 0.326 e. The standard InChI is InChI=1S/C15H21N3O3/c1-3-17(10-12-7-4-6-11(2)16-12)15(21)18-9-5-8-13(18)14(19)20/h4,6-7,13H,3,5,8-10H2,1-2H3,(H,19,20)/t13-/m1/s1. The second-order valence-corrected chi connectivity index (χ2v) is 5.26. The average Bonchev–Trinajstić information content (AvgIpc) is 2.93. The van der Waals surface area contributed by atoms with Crippen molar-refractivity contribution in [3.8, 4) is 0 Å². The minimum atomic E-state index is -0.925. The number of carbonyl (C=O) groups excluding carboxylic acids is 1. The summed E-state index contributed by atoms with van der Waals surface area (Å²) in [5.74, 6) is -0.925. The van der Waals surface area contributed by atoms with Gasteiger partial charge in [-0.2, -0.15) is 0 Å². The maximum atomic E-state index is 12.5. The molecule has 1 N–H and O–H groups in total. The lowest BCUT2D eigenvalue weighted by Gasteiger charge is -2.29. The van der Waals surface area contributed by atoms with Crippen molar-refractivity contribution in [2.45, 2.75) is 39.3 Å². The van der Waals surface area contributed by atoms with Gasteiger partial charge >= 0.3 is 12.0 Å². The Morgan fingerprint density at radius 2 is 2.24 bits per heavy atom. The van der Waals surface area contributed by atoms with E-state index in [0.717, 1.165) is 17.8 Å². The number of likely N-dealkylation sites (tertiary alicyclic amines) is 1. The molecular formula is C15H21N3O3. The summed E-state index contributed by atoms with van der Waals surface area (Å²) in [6.45, 7) is 5.23. The number of carboxylic acid groups (broad SMARTS) is 1. The molecule has 1 fully saturated rings. The van der Waals surface area contributed by atoms with Crippen LogP contribution in [0.4, 0.5) is 4.79 Å². The van der Waals surface area contributed by atoms with Crippen LogP contribution in [0.25, 0.3) is 0 Å². The van der Waals surface area contributed by atoms with Crippen molar-refractivity contribution in [1.82, 2.24) is 14.8 Å². The number of aryl methyl sites for hydroxylation is 1.